The molecule has 2 N–H and O–H groups in total. The number of carbonyl (C=O) groups excluding carboxylic acids is 2. The van der Waals surface area contributed by atoms with Gasteiger partial charge in [0.15, 0.2) is 0 Å². The average molecular weight is 264 g/mol. The third kappa shape index (κ3) is 4.62. The normalized spacial score (nSPS) is 10.2. The first-order chi connectivity index (χ1) is 8.93. The van der Waals surface area contributed by atoms with Gasteiger partial charge in [-0.05, 0) is 44.5 Å². The highest BCUT2D eigenvalue weighted by Gasteiger charge is 2.09. The largest absolute Gasteiger partial charge is 0.468 e. The standard InChI is InChI=1S/C14H20N2O3/c1-9(2)16-14(18)11-5-6-12(10(3)7-11)15-8-13(17)19-4/h5-7,9,15H,8H2,1-4H3,(H,16,18). The number of benzene rings is 1. The second-order valence-electron chi connectivity index (χ2n) is 4.59. The SMILES string of the molecule is COC(=O)CNc1ccc(C(=O)NC(C)C)cc1C. The number of ether oxygens (including phenoxy) is 1. The zero-order valence-electron chi connectivity index (χ0n) is 11.7. The lowest BCUT2D eigenvalue weighted by atomic mass is 10.1. The molecule has 0 unspecified atom stereocenters. The molecule has 0 spiro atoms. The van der Waals surface area contributed by atoms with E-state index in [0.717, 1.165) is 11.3 Å². The maximum Gasteiger partial charge on any atom is 0.325 e. The molecule has 1 aromatic rings. The van der Waals surface area contributed by atoms with E-state index >= 15 is 0 Å². The molecule has 1 rings (SSSR count). The van der Waals surface area contributed by atoms with Crippen molar-refractivity contribution in [3.63, 3.8) is 0 Å². The Hall–Kier alpha value is -2.04. The smallest absolute Gasteiger partial charge is 0.325 e. The first kappa shape index (κ1) is 15.0. The summed E-state index contributed by atoms with van der Waals surface area (Å²) in [5, 5.41) is 5.80. The van der Waals surface area contributed by atoms with Crippen molar-refractivity contribution in [2.24, 2.45) is 0 Å². The zero-order chi connectivity index (χ0) is 14.4. The lowest BCUT2D eigenvalue weighted by molar-refractivity contribution is -0.138. The number of aryl methyl sites for hydroxylation is 1. The van der Waals surface area contributed by atoms with Crippen LogP contribution in [0, 0.1) is 6.92 Å². The molecule has 1 aromatic carbocycles. The molecule has 0 aromatic heterocycles. The minimum absolute atomic E-state index is 0.0994. The van der Waals surface area contributed by atoms with Gasteiger partial charge in [0, 0.05) is 17.3 Å². The molecular formula is C14H20N2O3. The minimum Gasteiger partial charge on any atom is -0.468 e. The fraction of sp³-hybridized carbons (Fsp3) is 0.429. The second kappa shape index (κ2) is 6.78. The summed E-state index contributed by atoms with van der Waals surface area (Å²) in [6.07, 6.45) is 0. The van der Waals surface area contributed by atoms with Crippen molar-refractivity contribution >= 4 is 17.6 Å². The Balaban J connectivity index is 2.74. The van der Waals surface area contributed by atoms with Crippen molar-refractivity contribution in [1.29, 1.82) is 0 Å². The summed E-state index contributed by atoms with van der Waals surface area (Å²) in [6, 6.07) is 5.40. The molecule has 0 radical (unpaired) electrons. The fourth-order valence-corrected chi connectivity index (χ4v) is 1.59. The molecule has 0 bridgehead atoms. The zero-order valence-corrected chi connectivity index (χ0v) is 11.7. The van der Waals surface area contributed by atoms with Gasteiger partial charge in [0.05, 0.1) is 7.11 Å². The predicted octanol–water partition coefficient (Wildman–Crippen LogP) is 1.72. The van der Waals surface area contributed by atoms with Crippen LogP contribution in [-0.2, 0) is 9.53 Å². The maximum absolute atomic E-state index is 11.8. The van der Waals surface area contributed by atoms with Crippen LogP contribution < -0.4 is 10.6 Å². The monoisotopic (exact) mass is 264 g/mol. The number of amides is 1. The van der Waals surface area contributed by atoms with Gasteiger partial charge in [-0.1, -0.05) is 0 Å². The minimum atomic E-state index is -0.332. The molecule has 0 saturated heterocycles. The van der Waals surface area contributed by atoms with Crippen LogP contribution >= 0.6 is 0 Å². The lowest BCUT2D eigenvalue weighted by Crippen LogP contribution is -2.30. The molecule has 19 heavy (non-hydrogen) atoms. The van der Waals surface area contributed by atoms with Gasteiger partial charge < -0.3 is 15.4 Å². The van der Waals surface area contributed by atoms with E-state index in [0.29, 0.717) is 5.56 Å². The van der Waals surface area contributed by atoms with E-state index in [2.05, 4.69) is 15.4 Å². The van der Waals surface area contributed by atoms with Gasteiger partial charge >= 0.3 is 5.97 Å². The molecule has 1 amide bonds. The molecule has 5 nitrogen and oxygen atoms in total. The van der Waals surface area contributed by atoms with Crippen molar-refractivity contribution < 1.29 is 14.3 Å². The number of carbonyl (C=O) groups is 2. The van der Waals surface area contributed by atoms with Crippen LogP contribution in [0.5, 0.6) is 0 Å². The van der Waals surface area contributed by atoms with Crippen molar-refractivity contribution in [1.82, 2.24) is 5.32 Å². The number of methoxy groups -OCH3 is 1. The predicted molar refractivity (Wildman–Crippen MR) is 74.3 cm³/mol. The summed E-state index contributed by atoms with van der Waals surface area (Å²) in [7, 11) is 1.34. The number of anilines is 1. The maximum atomic E-state index is 11.8. The van der Waals surface area contributed by atoms with E-state index in [1.54, 1.807) is 18.2 Å². The van der Waals surface area contributed by atoms with Crippen LogP contribution in [0.2, 0.25) is 0 Å². The number of esters is 1. The third-order valence-corrected chi connectivity index (χ3v) is 2.56. The van der Waals surface area contributed by atoms with Crippen molar-refractivity contribution in [3.8, 4) is 0 Å². The van der Waals surface area contributed by atoms with E-state index in [1.165, 1.54) is 7.11 Å². The molecule has 0 saturated carbocycles. The lowest BCUT2D eigenvalue weighted by Gasteiger charge is -2.12. The first-order valence-corrected chi connectivity index (χ1v) is 6.16. The van der Waals surface area contributed by atoms with E-state index in [9.17, 15) is 9.59 Å². The number of hydrogen-bond acceptors (Lipinski definition) is 4. The Kier molecular flexibility index (Phi) is 5.36. The summed E-state index contributed by atoms with van der Waals surface area (Å²) >= 11 is 0. The van der Waals surface area contributed by atoms with Gasteiger partial charge in [0.1, 0.15) is 6.54 Å². The third-order valence-electron chi connectivity index (χ3n) is 2.56. The summed E-state index contributed by atoms with van der Waals surface area (Å²) in [6.45, 7) is 5.81. The summed E-state index contributed by atoms with van der Waals surface area (Å²) in [5.74, 6) is -0.432. The van der Waals surface area contributed by atoms with Crippen LogP contribution in [0.3, 0.4) is 0 Å². The van der Waals surface area contributed by atoms with E-state index in [-0.39, 0.29) is 24.5 Å². The quantitative estimate of drug-likeness (QED) is 0.795. The number of hydrogen-bond donors (Lipinski definition) is 2. The highest BCUT2D eigenvalue weighted by Crippen LogP contribution is 2.16. The number of rotatable bonds is 5. The van der Waals surface area contributed by atoms with Gasteiger partial charge in [-0.2, -0.15) is 0 Å². The van der Waals surface area contributed by atoms with Crippen LogP contribution in [0.1, 0.15) is 29.8 Å². The van der Waals surface area contributed by atoms with Crippen molar-refractivity contribution in [3.05, 3.63) is 29.3 Å². The van der Waals surface area contributed by atoms with E-state index in [4.69, 9.17) is 0 Å². The molecule has 0 heterocycles. The van der Waals surface area contributed by atoms with Gasteiger partial charge in [-0.25, -0.2) is 0 Å². The van der Waals surface area contributed by atoms with Crippen molar-refractivity contribution in [2.75, 3.05) is 19.0 Å². The van der Waals surface area contributed by atoms with Gasteiger partial charge in [-0.3, -0.25) is 9.59 Å². The topological polar surface area (TPSA) is 67.4 Å². The summed E-state index contributed by atoms with van der Waals surface area (Å²) < 4.78 is 4.55. The molecule has 5 heteroatoms. The van der Waals surface area contributed by atoms with Crippen LogP contribution in [0.4, 0.5) is 5.69 Å². The highest BCUT2D eigenvalue weighted by atomic mass is 16.5. The van der Waals surface area contributed by atoms with Crippen LogP contribution in [-0.4, -0.2) is 31.6 Å². The Morgan fingerprint density at radius 1 is 1.32 bits per heavy atom. The van der Waals surface area contributed by atoms with Gasteiger partial charge in [0.25, 0.3) is 5.91 Å². The Morgan fingerprint density at radius 2 is 2.00 bits per heavy atom. The Morgan fingerprint density at radius 3 is 2.53 bits per heavy atom. The summed E-state index contributed by atoms with van der Waals surface area (Å²) in [4.78, 5) is 22.9. The van der Waals surface area contributed by atoms with Gasteiger partial charge in [0.2, 0.25) is 0 Å². The van der Waals surface area contributed by atoms with Crippen LogP contribution in [0.25, 0.3) is 0 Å². The molecule has 0 aliphatic carbocycles. The number of nitrogens with one attached hydrogen (secondary N) is 2. The fourth-order valence-electron chi connectivity index (χ4n) is 1.59. The van der Waals surface area contributed by atoms with Gasteiger partial charge in [-0.15, -0.1) is 0 Å². The molecule has 0 atom stereocenters. The first-order valence-electron chi connectivity index (χ1n) is 6.16. The second-order valence-corrected chi connectivity index (χ2v) is 4.59. The molecule has 0 aliphatic heterocycles. The molecule has 0 fully saturated rings. The average Bonchev–Trinajstić information content (AvgIpc) is 2.35. The molecular weight excluding hydrogens is 244 g/mol. The highest BCUT2D eigenvalue weighted by molar-refractivity contribution is 5.95. The van der Waals surface area contributed by atoms with E-state index < -0.39 is 0 Å². The van der Waals surface area contributed by atoms with Crippen LogP contribution in [0.15, 0.2) is 18.2 Å². The Labute approximate surface area is 113 Å². The molecule has 0 aliphatic rings. The molecule has 104 valence electrons. The van der Waals surface area contributed by atoms with Crippen molar-refractivity contribution in [2.45, 2.75) is 26.8 Å². The Bertz CT molecular complexity index is 470. The summed E-state index contributed by atoms with van der Waals surface area (Å²) in [5.41, 5.74) is 2.32. The van der Waals surface area contributed by atoms with E-state index in [1.807, 2.05) is 20.8 Å².